The zero-order valence-electron chi connectivity index (χ0n) is 27.0. The standard InChI is InChI=1S/C35H43N7O6/c1-21(43)42-16-8-14-31(42)34(46)40-29(17-22-19-37-26-11-4-2-9-24(22)26)33(45)39-28(13-6-7-15-36)32(44)41-30(35(47)48)18-23-20-38-27-12-5-3-10-25(23)27/h2-5,9-12,19-20,28-31,37-38H,6-8,13-18,36H2,1H3,(H,39,45)(H,40,46)(H,41,44)(H,47,48)/t28-,29-,30-,31-/m0/s1. The van der Waals surface area contributed by atoms with Crippen LogP contribution in [0, 0.1) is 0 Å². The molecule has 1 saturated heterocycles. The van der Waals surface area contributed by atoms with Crippen LogP contribution in [0.1, 0.15) is 50.2 Å². The minimum atomic E-state index is -1.26. The van der Waals surface area contributed by atoms with Gasteiger partial charge in [0.2, 0.25) is 23.6 Å². The lowest BCUT2D eigenvalue weighted by Gasteiger charge is -2.27. The van der Waals surface area contributed by atoms with Gasteiger partial charge in [0.25, 0.3) is 0 Å². The first-order valence-corrected chi connectivity index (χ1v) is 16.4. The van der Waals surface area contributed by atoms with Crippen molar-refractivity contribution in [2.45, 2.75) is 76.0 Å². The average molecular weight is 658 g/mol. The third-order valence-electron chi connectivity index (χ3n) is 8.99. The Kier molecular flexibility index (Phi) is 11.1. The molecule has 1 aliphatic heterocycles. The van der Waals surface area contributed by atoms with Crippen molar-refractivity contribution in [1.29, 1.82) is 0 Å². The number of nitrogens with zero attached hydrogens (tertiary/aromatic N) is 1. The van der Waals surface area contributed by atoms with Crippen molar-refractivity contribution in [2.75, 3.05) is 13.1 Å². The topological polar surface area (TPSA) is 203 Å². The largest absolute Gasteiger partial charge is 0.480 e. The van der Waals surface area contributed by atoms with E-state index in [0.29, 0.717) is 38.8 Å². The number of aromatic amines is 2. The summed E-state index contributed by atoms with van der Waals surface area (Å²) in [6.07, 6.45) is 6.10. The Bertz CT molecular complexity index is 1780. The highest BCUT2D eigenvalue weighted by Gasteiger charge is 2.36. The Labute approximate surface area is 278 Å². The van der Waals surface area contributed by atoms with Crippen LogP contribution < -0.4 is 21.7 Å². The first-order valence-electron chi connectivity index (χ1n) is 16.4. The van der Waals surface area contributed by atoms with Crippen LogP contribution in [0.2, 0.25) is 0 Å². The molecule has 2 aromatic heterocycles. The van der Waals surface area contributed by atoms with Gasteiger partial charge >= 0.3 is 5.97 Å². The summed E-state index contributed by atoms with van der Waals surface area (Å²) in [6, 6.07) is 10.9. The van der Waals surface area contributed by atoms with Gasteiger partial charge < -0.3 is 41.7 Å². The number of para-hydroxylation sites is 2. The third kappa shape index (κ3) is 8.03. The number of rotatable bonds is 15. The van der Waals surface area contributed by atoms with Gasteiger partial charge in [0, 0.05) is 60.5 Å². The summed E-state index contributed by atoms with van der Waals surface area (Å²) in [5, 5.41) is 20.1. The van der Waals surface area contributed by atoms with E-state index >= 15 is 0 Å². The summed E-state index contributed by atoms with van der Waals surface area (Å²) in [7, 11) is 0. The van der Waals surface area contributed by atoms with Gasteiger partial charge in [-0.2, -0.15) is 0 Å². The SMILES string of the molecule is CC(=O)N1CCC[C@H]1C(=O)N[C@@H](Cc1c[nH]c2ccccc12)C(=O)N[C@@H](CCCCN)C(=O)N[C@@H](Cc1c[nH]c2ccccc12)C(=O)O. The van der Waals surface area contributed by atoms with Crippen molar-refractivity contribution in [3.05, 3.63) is 72.1 Å². The van der Waals surface area contributed by atoms with E-state index in [1.54, 1.807) is 12.4 Å². The van der Waals surface area contributed by atoms with Gasteiger partial charge in [-0.1, -0.05) is 36.4 Å². The molecule has 4 amide bonds. The Morgan fingerprint density at radius 3 is 1.98 bits per heavy atom. The monoisotopic (exact) mass is 657 g/mol. The molecule has 3 heterocycles. The molecule has 8 N–H and O–H groups in total. The molecule has 0 spiro atoms. The van der Waals surface area contributed by atoms with E-state index in [4.69, 9.17) is 5.73 Å². The smallest absolute Gasteiger partial charge is 0.326 e. The van der Waals surface area contributed by atoms with E-state index in [0.717, 1.165) is 32.9 Å². The second-order valence-electron chi connectivity index (χ2n) is 12.3. The zero-order valence-corrected chi connectivity index (χ0v) is 27.0. The van der Waals surface area contributed by atoms with Gasteiger partial charge in [-0.05, 0) is 61.9 Å². The lowest BCUT2D eigenvalue weighted by molar-refractivity contribution is -0.142. The molecule has 0 radical (unpaired) electrons. The molecule has 4 atom stereocenters. The number of likely N-dealkylation sites (tertiary alicyclic amines) is 1. The number of carbonyl (C=O) groups excluding carboxylic acids is 4. The van der Waals surface area contributed by atoms with Crippen LogP contribution in [0.15, 0.2) is 60.9 Å². The third-order valence-corrected chi connectivity index (χ3v) is 8.99. The van der Waals surface area contributed by atoms with E-state index < -0.39 is 47.9 Å². The maximum atomic E-state index is 14.0. The fourth-order valence-corrected chi connectivity index (χ4v) is 6.44. The molecule has 0 saturated carbocycles. The number of hydrogen-bond donors (Lipinski definition) is 7. The molecular formula is C35H43N7O6. The molecule has 13 nitrogen and oxygen atoms in total. The number of carboxylic acid groups (broad SMARTS) is 1. The second kappa shape index (κ2) is 15.6. The van der Waals surface area contributed by atoms with Crippen molar-refractivity contribution in [2.24, 2.45) is 5.73 Å². The molecule has 4 aromatic rings. The maximum Gasteiger partial charge on any atom is 0.326 e. The highest BCUT2D eigenvalue weighted by atomic mass is 16.4. The predicted octanol–water partition coefficient (Wildman–Crippen LogP) is 2.11. The summed E-state index contributed by atoms with van der Waals surface area (Å²) in [5.41, 5.74) is 8.94. The summed E-state index contributed by atoms with van der Waals surface area (Å²) >= 11 is 0. The lowest BCUT2D eigenvalue weighted by atomic mass is 10.0. The molecule has 48 heavy (non-hydrogen) atoms. The number of carbonyl (C=O) groups is 5. The number of nitrogens with two attached hydrogens (primary N) is 1. The van der Waals surface area contributed by atoms with E-state index in [9.17, 15) is 29.1 Å². The fourth-order valence-electron chi connectivity index (χ4n) is 6.44. The Hall–Kier alpha value is -5.17. The van der Waals surface area contributed by atoms with E-state index in [1.807, 2.05) is 48.5 Å². The lowest BCUT2D eigenvalue weighted by Crippen LogP contribution is -2.58. The number of H-pyrrole nitrogens is 2. The molecule has 1 aliphatic rings. The number of unbranched alkanes of at least 4 members (excludes halogenated alkanes) is 1. The minimum absolute atomic E-state index is 0.0296. The zero-order chi connectivity index (χ0) is 34.2. The Morgan fingerprint density at radius 2 is 1.40 bits per heavy atom. The normalized spacial score (nSPS) is 16.4. The molecular weight excluding hydrogens is 614 g/mol. The molecule has 1 fully saturated rings. The van der Waals surface area contributed by atoms with Crippen molar-refractivity contribution < 1.29 is 29.1 Å². The number of amides is 4. The van der Waals surface area contributed by atoms with Gasteiger partial charge in [0.15, 0.2) is 0 Å². The first-order chi connectivity index (χ1) is 23.2. The summed E-state index contributed by atoms with van der Waals surface area (Å²) in [4.78, 5) is 73.5. The van der Waals surface area contributed by atoms with Crippen LogP contribution in [0.5, 0.6) is 0 Å². The summed E-state index contributed by atoms with van der Waals surface area (Å²) in [5.74, 6) is -3.13. The van der Waals surface area contributed by atoms with Gasteiger partial charge in [-0.15, -0.1) is 0 Å². The summed E-state index contributed by atoms with van der Waals surface area (Å²) < 4.78 is 0. The predicted molar refractivity (Wildman–Crippen MR) is 181 cm³/mol. The van der Waals surface area contributed by atoms with Crippen molar-refractivity contribution >= 4 is 51.4 Å². The Morgan fingerprint density at radius 1 is 0.833 bits per heavy atom. The maximum absolute atomic E-state index is 14.0. The first kappa shape index (κ1) is 34.2. The van der Waals surface area contributed by atoms with Crippen molar-refractivity contribution in [3.63, 3.8) is 0 Å². The van der Waals surface area contributed by atoms with E-state index in [1.165, 1.54) is 11.8 Å². The Balaban J connectivity index is 1.36. The fraction of sp³-hybridized carbons (Fsp3) is 0.400. The number of fused-ring (bicyclic) bond motifs is 2. The molecule has 2 aromatic carbocycles. The molecule has 0 aliphatic carbocycles. The van der Waals surface area contributed by atoms with Crippen LogP contribution in [0.4, 0.5) is 0 Å². The molecule has 254 valence electrons. The van der Waals surface area contributed by atoms with Crippen LogP contribution in [-0.2, 0) is 36.8 Å². The molecule has 0 bridgehead atoms. The number of nitrogens with one attached hydrogen (secondary N) is 5. The van der Waals surface area contributed by atoms with Gasteiger partial charge in [0.05, 0.1) is 0 Å². The summed E-state index contributed by atoms with van der Waals surface area (Å²) in [6.45, 7) is 2.25. The van der Waals surface area contributed by atoms with Crippen molar-refractivity contribution in [1.82, 2.24) is 30.8 Å². The number of aliphatic carboxylic acids is 1. The molecule has 0 unspecified atom stereocenters. The minimum Gasteiger partial charge on any atom is -0.480 e. The second-order valence-corrected chi connectivity index (χ2v) is 12.3. The molecule has 5 rings (SSSR count). The van der Waals surface area contributed by atoms with E-state index in [2.05, 4.69) is 25.9 Å². The van der Waals surface area contributed by atoms with Crippen LogP contribution >= 0.6 is 0 Å². The molecule has 13 heteroatoms. The number of aromatic nitrogens is 2. The average Bonchev–Trinajstić information content (AvgIpc) is 3.83. The number of carboxylic acids is 1. The number of benzene rings is 2. The number of hydrogen-bond acceptors (Lipinski definition) is 6. The van der Waals surface area contributed by atoms with Gasteiger partial charge in [-0.3, -0.25) is 19.2 Å². The van der Waals surface area contributed by atoms with Crippen LogP contribution in [0.25, 0.3) is 21.8 Å². The van der Waals surface area contributed by atoms with Gasteiger partial charge in [0.1, 0.15) is 24.2 Å². The highest BCUT2D eigenvalue weighted by molar-refractivity contribution is 5.96. The van der Waals surface area contributed by atoms with Crippen LogP contribution in [0.3, 0.4) is 0 Å². The highest BCUT2D eigenvalue weighted by Crippen LogP contribution is 2.22. The quantitative estimate of drug-likeness (QED) is 0.0949. The van der Waals surface area contributed by atoms with Crippen molar-refractivity contribution in [3.8, 4) is 0 Å². The van der Waals surface area contributed by atoms with Gasteiger partial charge in [-0.25, -0.2) is 4.79 Å². The van der Waals surface area contributed by atoms with Crippen LogP contribution in [-0.4, -0.2) is 86.8 Å². The van der Waals surface area contributed by atoms with E-state index in [-0.39, 0.29) is 25.2 Å².